The van der Waals surface area contributed by atoms with Gasteiger partial charge in [-0.15, -0.1) is 0 Å². The molecule has 2 aromatic rings. The Hall–Kier alpha value is -1.90. The number of fused-ring (bicyclic) bond motifs is 1. The number of benzene rings is 1. The van der Waals surface area contributed by atoms with E-state index in [1.54, 1.807) is 0 Å². The van der Waals surface area contributed by atoms with Gasteiger partial charge in [0.15, 0.2) is 11.5 Å². The van der Waals surface area contributed by atoms with Gasteiger partial charge in [-0.1, -0.05) is 0 Å². The molecule has 1 aromatic heterocycles. The van der Waals surface area contributed by atoms with Crippen LogP contribution in [0.1, 0.15) is 0 Å². The van der Waals surface area contributed by atoms with E-state index in [2.05, 4.69) is 4.98 Å². The van der Waals surface area contributed by atoms with Crippen molar-refractivity contribution in [3.63, 3.8) is 0 Å². The quantitative estimate of drug-likeness (QED) is 0.743. The Morgan fingerprint density at radius 3 is 2.86 bits per heavy atom. The number of aromatic amines is 1. The standard InChI is InChI=1S/C11H9NO2/c1-2-9(12-5-1)8-3-4-10-11(6-8)14-7-13-10/h1-6,12H,7H2. The maximum atomic E-state index is 5.30. The molecule has 70 valence electrons. The molecule has 1 aromatic carbocycles. The molecule has 3 nitrogen and oxygen atoms in total. The summed E-state index contributed by atoms with van der Waals surface area (Å²) in [6, 6.07) is 9.92. The van der Waals surface area contributed by atoms with Gasteiger partial charge in [0.25, 0.3) is 0 Å². The molecule has 0 amide bonds. The second-order valence-corrected chi connectivity index (χ2v) is 3.15. The van der Waals surface area contributed by atoms with E-state index in [0.717, 1.165) is 22.8 Å². The minimum Gasteiger partial charge on any atom is -0.454 e. The van der Waals surface area contributed by atoms with Gasteiger partial charge in [-0.25, -0.2) is 0 Å². The van der Waals surface area contributed by atoms with Crippen molar-refractivity contribution in [2.75, 3.05) is 6.79 Å². The molecule has 0 aliphatic carbocycles. The largest absolute Gasteiger partial charge is 0.454 e. The fraction of sp³-hybridized carbons (Fsp3) is 0.0909. The Morgan fingerprint density at radius 2 is 2.00 bits per heavy atom. The number of nitrogens with one attached hydrogen (secondary N) is 1. The van der Waals surface area contributed by atoms with E-state index in [0.29, 0.717) is 6.79 Å². The lowest BCUT2D eigenvalue weighted by Crippen LogP contribution is -1.92. The lowest BCUT2D eigenvalue weighted by atomic mass is 10.1. The molecular formula is C11H9NO2. The van der Waals surface area contributed by atoms with Gasteiger partial charge in [-0.3, -0.25) is 0 Å². The molecule has 0 saturated carbocycles. The van der Waals surface area contributed by atoms with Crippen molar-refractivity contribution in [1.29, 1.82) is 0 Å². The summed E-state index contributed by atoms with van der Waals surface area (Å²) in [7, 11) is 0. The van der Waals surface area contributed by atoms with Crippen molar-refractivity contribution in [2.24, 2.45) is 0 Å². The van der Waals surface area contributed by atoms with Crippen molar-refractivity contribution in [2.45, 2.75) is 0 Å². The van der Waals surface area contributed by atoms with E-state index in [9.17, 15) is 0 Å². The van der Waals surface area contributed by atoms with Crippen molar-refractivity contribution >= 4 is 0 Å². The zero-order valence-corrected chi connectivity index (χ0v) is 7.49. The van der Waals surface area contributed by atoms with Gasteiger partial charge >= 0.3 is 0 Å². The van der Waals surface area contributed by atoms with Crippen molar-refractivity contribution in [1.82, 2.24) is 4.98 Å². The average molecular weight is 187 g/mol. The highest BCUT2D eigenvalue weighted by Gasteiger charge is 2.13. The van der Waals surface area contributed by atoms with Crippen LogP contribution < -0.4 is 9.47 Å². The molecule has 3 heteroatoms. The van der Waals surface area contributed by atoms with Crippen LogP contribution in [0, 0.1) is 0 Å². The molecule has 2 heterocycles. The first-order chi connectivity index (χ1) is 6.93. The minimum absolute atomic E-state index is 0.323. The van der Waals surface area contributed by atoms with E-state index in [1.165, 1.54) is 0 Å². The summed E-state index contributed by atoms with van der Waals surface area (Å²) in [5.41, 5.74) is 2.20. The van der Waals surface area contributed by atoms with Crippen LogP contribution >= 0.6 is 0 Å². The fourth-order valence-electron chi connectivity index (χ4n) is 1.57. The monoisotopic (exact) mass is 187 g/mol. The highest BCUT2D eigenvalue weighted by atomic mass is 16.7. The molecule has 1 aliphatic rings. The van der Waals surface area contributed by atoms with Crippen LogP contribution in [0.5, 0.6) is 11.5 Å². The molecule has 0 fully saturated rings. The van der Waals surface area contributed by atoms with E-state index in [1.807, 2.05) is 36.5 Å². The number of H-pyrrole nitrogens is 1. The van der Waals surface area contributed by atoms with Gasteiger partial charge < -0.3 is 14.5 Å². The first-order valence-electron chi connectivity index (χ1n) is 4.47. The predicted molar refractivity (Wildman–Crippen MR) is 52.4 cm³/mol. The molecule has 0 unspecified atom stereocenters. The third kappa shape index (κ3) is 1.06. The van der Waals surface area contributed by atoms with Crippen molar-refractivity contribution in [3.8, 4) is 22.8 Å². The smallest absolute Gasteiger partial charge is 0.231 e. The zero-order valence-electron chi connectivity index (χ0n) is 7.49. The summed E-state index contributed by atoms with van der Waals surface area (Å²) in [6.45, 7) is 0.323. The van der Waals surface area contributed by atoms with E-state index in [-0.39, 0.29) is 0 Å². The van der Waals surface area contributed by atoms with E-state index in [4.69, 9.17) is 9.47 Å². The highest BCUT2D eigenvalue weighted by molar-refractivity contribution is 5.64. The van der Waals surface area contributed by atoms with Crippen LogP contribution in [0.2, 0.25) is 0 Å². The molecule has 3 rings (SSSR count). The Balaban J connectivity index is 2.09. The highest BCUT2D eigenvalue weighted by Crippen LogP contribution is 2.35. The van der Waals surface area contributed by atoms with Crippen LogP contribution in [0.3, 0.4) is 0 Å². The van der Waals surface area contributed by atoms with E-state index >= 15 is 0 Å². The normalized spacial score (nSPS) is 13.1. The van der Waals surface area contributed by atoms with Gasteiger partial charge in [0.05, 0.1) is 0 Å². The summed E-state index contributed by atoms with van der Waals surface area (Å²) < 4.78 is 10.5. The van der Waals surface area contributed by atoms with Crippen LogP contribution in [-0.2, 0) is 0 Å². The molecule has 1 aliphatic heterocycles. The molecule has 1 N–H and O–H groups in total. The molecular weight excluding hydrogens is 178 g/mol. The number of rotatable bonds is 1. The number of ether oxygens (including phenoxy) is 2. The summed E-state index contributed by atoms with van der Waals surface area (Å²) in [4.78, 5) is 3.15. The average Bonchev–Trinajstić information content (AvgIpc) is 2.88. The number of aromatic nitrogens is 1. The first-order valence-corrected chi connectivity index (χ1v) is 4.47. The van der Waals surface area contributed by atoms with Gasteiger partial charge in [-0.2, -0.15) is 0 Å². The van der Waals surface area contributed by atoms with Crippen LogP contribution in [0.25, 0.3) is 11.3 Å². The summed E-state index contributed by atoms with van der Waals surface area (Å²) in [5.74, 6) is 1.64. The lowest BCUT2D eigenvalue weighted by Gasteiger charge is -1.99. The summed E-state index contributed by atoms with van der Waals surface area (Å²) >= 11 is 0. The van der Waals surface area contributed by atoms with Gasteiger partial charge in [0.2, 0.25) is 6.79 Å². The number of hydrogen-bond donors (Lipinski definition) is 1. The van der Waals surface area contributed by atoms with Crippen LogP contribution in [-0.4, -0.2) is 11.8 Å². The molecule has 0 spiro atoms. The topological polar surface area (TPSA) is 34.2 Å². The maximum Gasteiger partial charge on any atom is 0.231 e. The molecule has 0 saturated heterocycles. The molecule has 14 heavy (non-hydrogen) atoms. The Morgan fingerprint density at radius 1 is 1.07 bits per heavy atom. The fourth-order valence-corrected chi connectivity index (χ4v) is 1.57. The Kier molecular flexibility index (Phi) is 1.50. The Bertz CT molecular complexity index is 448. The third-order valence-electron chi connectivity index (χ3n) is 2.28. The van der Waals surface area contributed by atoms with Gasteiger partial charge in [0, 0.05) is 17.5 Å². The van der Waals surface area contributed by atoms with Gasteiger partial charge in [0.1, 0.15) is 0 Å². The molecule has 0 radical (unpaired) electrons. The van der Waals surface area contributed by atoms with Crippen molar-refractivity contribution in [3.05, 3.63) is 36.5 Å². The second-order valence-electron chi connectivity index (χ2n) is 3.15. The lowest BCUT2D eigenvalue weighted by molar-refractivity contribution is 0.174. The van der Waals surface area contributed by atoms with Crippen molar-refractivity contribution < 1.29 is 9.47 Å². The SMILES string of the molecule is c1c[nH]c(-c2ccc3c(c2)OCO3)c1. The van der Waals surface area contributed by atoms with Crippen LogP contribution in [0.4, 0.5) is 0 Å². The van der Waals surface area contributed by atoms with E-state index < -0.39 is 0 Å². The molecule has 0 bridgehead atoms. The van der Waals surface area contributed by atoms with Gasteiger partial charge in [-0.05, 0) is 30.3 Å². The zero-order chi connectivity index (χ0) is 9.38. The third-order valence-corrected chi connectivity index (χ3v) is 2.28. The first kappa shape index (κ1) is 7.50. The van der Waals surface area contributed by atoms with Crippen LogP contribution in [0.15, 0.2) is 36.5 Å². The number of hydrogen-bond acceptors (Lipinski definition) is 2. The predicted octanol–water partition coefficient (Wildman–Crippen LogP) is 2.41. The minimum atomic E-state index is 0.323. The Labute approximate surface area is 81.3 Å². The summed E-state index contributed by atoms with van der Waals surface area (Å²) in [6.07, 6.45) is 1.90. The summed E-state index contributed by atoms with van der Waals surface area (Å²) in [5, 5.41) is 0. The second kappa shape index (κ2) is 2.80. The maximum absolute atomic E-state index is 5.30. The molecule has 0 atom stereocenters.